The third kappa shape index (κ3) is 2.98. The molecule has 7 nitrogen and oxygen atoms in total. The molecular weight excluding hydrogens is 316 g/mol. The lowest BCUT2D eigenvalue weighted by atomic mass is 10.2. The summed E-state index contributed by atoms with van der Waals surface area (Å²) >= 11 is 0. The van der Waals surface area contributed by atoms with Crippen LogP contribution in [0.15, 0.2) is 21.7 Å². The van der Waals surface area contributed by atoms with Gasteiger partial charge in [-0.25, -0.2) is 13.4 Å². The first-order chi connectivity index (χ1) is 11.1. The summed E-state index contributed by atoms with van der Waals surface area (Å²) in [5, 5.41) is 7.85. The van der Waals surface area contributed by atoms with E-state index in [0.717, 1.165) is 25.1 Å². The molecule has 3 rings (SSSR count). The molecule has 0 radical (unpaired) electrons. The maximum atomic E-state index is 13.1. The molecule has 0 aliphatic carbocycles. The summed E-state index contributed by atoms with van der Waals surface area (Å²) in [7, 11) is -3.58. The molecule has 1 atom stereocenters. The Morgan fingerprint density at radius 2 is 2.26 bits per heavy atom. The van der Waals surface area contributed by atoms with Crippen LogP contribution >= 0.6 is 0 Å². The zero-order valence-corrected chi connectivity index (χ0v) is 14.3. The van der Waals surface area contributed by atoms with Crippen molar-refractivity contribution in [2.45, 2.75) is 44.0 Å². The maximum Gasteiger partial charge on any atom is 0.258 e. The van der Waals surface area contributed by atoms with Gasteiger partial charge in [-0.15, -0.1) is 0 Å². The second-order valence-corrected chi connectivity index (χ2v) is 7.66. The lowest BCUT2D eigenvalue weighted by Gasteiger charge is -2.27. The van der Waals surface area contributed by atoms with Gasteiger partial charge >= 0.3 is 0 Å². The predicted octanol–water partition coefficient (Wildman–Crippen LogP) is 1.55. The Bertz CT molecular complexity index is 781. The van der Waals surface area contributed by atoms with Crippen LogP contribution in [0.5, 0.6) is 0 Å². The molecule has 1 aliphatic heterocycles. The molecule has 8 heteroatoms. The molecule has 2 aromatic heterocycles. The summed E-state index contributed by atoms with van der Waals surface area (Å²) in [5.41, 5.74) is 1.11. The number of aryl methyl sites for hydroxylation is 1. The van der Waals surface area contributed by atoms with E-state index in [2.05, 4.69) is 15.5 Å². The minimum absolute atomic E-state index is 0.00349. The third-order valence-electron chi connectivity index (χ3n) is 4.21. The third-order valence-corrected chi connectivity index (χ3v) is 6.12. The Labute approximate surface area is 136 Å². The van der Waals surface area contributed by atoms with Crippen LogP contribution in [0.3, 0.4) is 0 Å². The zero-order valence-electron chi connectivity index (χ0n) is 13.4. The van der Waals surface area contributed by atoms with Crippen molar-refractivity contribution in [2.24, 2.45) is 0 Å². The fourth-order valence-corrected chi connectivity index (χ4v) is 4.71. The van der Waals surface area contributed by atoms with Crippen LogP contribution in [0.4, 0.5) is 0 Å². The van der Waals surface area contributed by atoms with Gasteiger partial charge in [-0.3, -0.25) is 0 Å². The second kappa shape index (κ2) is 6.54. The van der Waals surface area contributed by atoms with Crippen LogP contribution < -0.4 is 5.32 Å². The van der Waals surface area contributed by atoms with Crippen molar-refractivity contribution in [3.8, 4) is 0 Å². The minimum Gasteiger partial charge on any atom is -0.336 e. The van der Waals surface area contributed by atoms with Crippen molar-refractivity contribution >= 4 is 21.1 Å². The molecule has 126 valence electrons. The van der Waals surface area contributed by atoms with Gasteiger partial charge in [0, 0.05) is 19.1 Å². The Morgan fingerprint density at radius 1 is 1.43 bits per heavy atom. The second-order valence-electron chi connectivity index (χ2n) is 5.77. The van der Waals surface area contributed by atoms with E-state index in [1.165, 1.54) is 6.20 Å². The molecule has 1 saturated heterocycles. The highest BCUT2D eigenvalue weighted by atomic mass is 32.2. The average Bonchev–Trinajstić information content (AvgIpc) is 3.20. The molecule has 0 amide bonds. The molecule has 1 N–H and O–H groups in total. The maximum absolute atomic E-state index is 13.1. The number of pyridine rings is 1. The summed E-state index contributed by atoms with van der Waals surface area (Å²) in [6, 6.07) is 1.64. The van der Waals surface area contributed by atoms with Crippen molar-refractivity contribution in [3.05, 3.63) is 18.0 Å². The highest BCUT2D eigenvalue weighted by molar-refractivity contribution is 7.89. The molecule has 1 unspecified atom stereocenters. The van der Waals surface area contributed by atoms with Crippen LogP contribution in [-0.4, -0.2) is 48.5 Å². The van der Waals surface area contributed by atoms with Crippen molar-refractivity contribution in [1.29, 1.82) is 0 Å². The lowest BCUT2D eigenvalue weighted by Crippen LogP contribution is -2.42. The highest BCUT2D eigenvalue weighted by Gasteiger charge is 2.33. The van der Waals surface area contributed by atoms with Crippen LogP contribution in [0.1, 0.15) is 32.4 Å². The molecule has 2 aromatic rings. The van der Waals surface area contributed by atoms with Gasteiger partial charge < -0.3 is 9.84 Å². The molecule has 3 heterocycles. The van der Waals surface area contributed by atoms with Crippen LogP contribution in [0, 0.1) is 0 Å². The number of aromatic nitrogens is 2. The van der Waals surface area contributed by atoms with Gasteiger partial charge in [0.15, 0.2) is 0 Å². The van der Waals surface area contributed by atoms with Crippen molar-refractivity contribution in [2.75, 3.05) is 19.6 Å². The lowest BCUT2D eigenvalue weighted by molar-refractivity contribution is 0.335. The number of hydrogen-bond acceptors (Lipinski definition) is 6. The smallest absolute Gasteiger partial charge is 0.258 e. The van der Waals surface area contributed by atoms with Gasteiger partial charge in [0.2, 0.25) is 10.0 Å². The number of hydrogen-bond donors (Lipinski definition) is 1. The Kier molecular flexibility index (Phi) is 4.65. The first kappa shape index (κ1) is 16.4. The Morgan fingerprint density at radius 3 is 2.91 bits per heavy atom. The largest absolute Gasteiger partial charge is 0.336 e. The SMILES string of the molecule is CCCN(C1CCNC1)S(=O)(=O)c1cnc2onc(CC)c2c1. The van der Waals surface area contributed by atoms with Crippen molar-refractivity contribution in [1.82, 2.24) is 19.8 Å². The molecule has 0 aromatic carbocycles. The molecular formula is C15H22N4O3S. The molecule has 1 fully saturated rings. The Balaban J connectivity index is 2.02. The summed E-state index contributed by atoms with van der Waals surface area (Å²) in [6.45, 7) is 6.00. The first-order valence-corrected chi connectivity index (χ1v) is 9.48. The molecule has 1 aliphatic rings. The van der Waals surface area contributed by atoms with E-state index >= 15 is 0 Å². The van der Waals surface area contributed by atoms with Crippen molar-refractivity contribution in [3.63, 3.8) is 0 Å². The number of nitrogens with one attached hydrogen (secondary N) is 1. The summed E-state index contributed by atoms with van der Waals surface area (Å²) in [6.07, 6.45) is 3.65. The van der Waals surface area contributed by atoms with Crippen molar-refractivity contribution < 1.29 is 12.9 Å². The van der Waals surface area contributed by atoms with Crippen LogP contribution in [-0.2, 0) is 16.4 Å². The summed E-state index contributed by atoms with van der Waals surface area (Å²) < 4.78 is 32.9. The number of rotatable bonds is 6. The van der Waals surface area contributed by atoms with E-state index in [0.29, 0.717) is 30.6 Å². The topological polar surface area (TPSA) is 88.3 Å². The van der Waals surface area contributed by atoms with Gasteiger partial charge in [0.1, 0.15) is 4.90 Å². The van der Waals surface area contributed by atoms with Gasteiger partial charge in [0.05, 0.1) is 17.3 Å². The fourth-order valence-electron chi connectivity index (χ4n) is 3.00. The molecule has 0 saturated carbocycles. The number of fused-ring (bicyclic) bond motifs is 1. The highest BCUT2D eigenvalue weighted by Crippen LogP contribution is 2.25. The van der Waals surface area contributed by atoms with E-state index in [1.54, 1.807) is 10.4 Å². The van der Waals surface area contributed by atoms with Gasteiger partial charge in [0.25, 0.3) is 5.71 Å². The standard InChI is InChI=1S/C15H22N4O3S/c1-3-7-19(11-5-6-16-9-11)23(20,21)12-8-13-14(4-2)18-22-15(13)17-10-12/h8,10-11,16H,3-7,9H2,1-2H3. The molecule has 0 spiro atoms. The van der Waals surface area contributed by atoms with Gasteiger partial charge in [-0.05, 0) is 31.9 Å². The van der Waals surface area contributed by atoms with Crippen LogP contribution in [0.25, 0.3) is 11.1 Å². The Hall–Kier alpha value is -1.51. The van der Waals surface area contributed by atoms with Crippen LogP contribution in [0.2, 0.25) is 0 Å². The normalized spacial score (nSPS) is 19.0. The van der Waals surface area contributed by atoms with E-state index < -0.39 is 10.0 Å². The average molecular weight is 338 g/mol. The molecule has 23 heavy (non-hydrogen) atoms. The number of sulfonamides is 1. The van der Waals surface area contributed by atoms with E-state index in [4.69, 9.17) is 4.52 Å². The van der Waals surface area contributed by atoms with E-state index in [9.17, 15) is 8.42 Å². The quantitative estimate of drug-likeness (QED) is 0.860. The predicted molar refractivity (Wildman–Crippen MR) is 86.6 cm³/mol. The fraction of sp³-hybridized carbons (Fsp3) is 0.600. The molecule has 0 bridgehead atoms. The first-order valence-electron chi connectivity index (χ1n) is 8.04. The summed E-state index contributed by atoms with van der Waals surface area (Å²) in [5.74, 6) is 0. The van der Waals surface area contributed by atoms with Gasteiger partial charge in [-0.1, -0.05) is 19.0 Å². The number of nitrogens with zero attached hydrogens (tertiary/aromatic N) is 3. The van der Waals surface area contributed by atoms with Gasteiger partial charge in [-0.2, -0.15) is 4.31 Å². The monoisotopic (exact) mass is 338 g/mol. The van der Waals surface area contributed by atoms with E-state index in [-0.39, 0.29) is 10.9 Å². The zero-order chi connectivity index (χ0) is 16.4. The summed E-state index contributed by atoms with van der Waals surface area (Å²) in [4.78, 5) is 4.35. The van der Waals surface area contributed by atoms with E-state index in [1.807, 2.05) is 13.8 Å². The minimum atomic E-state index is -3.58.